The Morgan fingerprint density at radius 1 is 1.40 bits per heavy atom. The van der Waals surface area contributed by atoms with Crippen LogP contribution in [0.5, 0.6) is 0 Å². The van der Waals surface area contributed by atoms with Crippen LogP contribution in [0.25, 0.3) is 0 Å². The molecule has 0 aliphatic rings. The van der Waals surface area contributed by atoms with E-state index in [-0.39, 0.29) is 5.91 Å². The third kappa shape index (κ3) is 5.72. The molecule has 0 spiro atoms. The smallest absolute Gasteiger partial charge is 0.224 e. The lowest BCUT2D eigenvalue weighted by Crippen LogP contribution is -2.26. The highest BCUT2D eigenvalue weighted by atomic mass is 16.1. The Bertz CT molecular complexity index is 467. The van der Waals surface area contributed by atoms with Crippen LogP contribution in [-0.2, 0) is 4.79 Å². The number of nitrogens with two attached hydrogens (primary N) is 1. The van der Waals surface area contributed by atoms with Crippen LogP contribution in [-0.4, -0.2) is 30.4 Å². The van der Waals surface area contributed by atoms with Gasteiger partial charge in [-0.1, -0.05) is 19.1 Å². The van der Waals surface area contributed by atoms with Crippen molar-refractivity contribution in [2.45, 2.75) is 26.2 Å². The molecule has 5 heteroatoms. The second-order valence-corrected chi connectivity index (χ2v) is 4.58. The Kier molecular flexibility index (Phi) is 7.15. The Morgan fingerprint density at radius 2 is 2.15 bits per heavy atom. The van der Waals surface area contributed by atoms with Crippen LogP contribution >= 0.6 is 0 Å². The molecule has 3 N–H and O–H groups in total. The molecular formula is C15H22N4O. The zero-order valence-corrected chi connectivity index (χ0v) is 11.9. The van der Waals surface area contributed by atoms with Crippen molar-refractivity contribution in [3.8, 4) is 6.07 Å². The standard InChI is InChI=1S/C15H22N4O/c1-2-19(12-6-10-16)11-5-9-15(20)18-14-8-4-3-7-13(14)17/h3-4,7-8H,2,5-6,9,11-12,17H2,1H3,(H,18,20). The van der Waals surface area contributed by atoms with Gasteiger partial charge in [-0.05, 0) is 31.6 Å². The lowest BCUT2D eigenvalue weighted by molar-refractivity contribution is -0.116. The van der Waals surface area contributed by atoms with E-state index in [2.05, 4.69) is 23.2 Å². The van der Waals surface area contributed by atoms with E-state index in [1.165, 1.54) is 0 Å². The molecule has 0 radical (unpaired) electrons. The Hall–Kier alpha value is -2.06. The number of nitrogen functional groups attached to an aromatic ring is 1. The molecule has 0 bridgehead atoms. The zero-order chi connectivity index (χ0) is 14.8. The summed E-state index contributed by atoms with van der Waals surface area (Å²) >= 11 is 0. The van der Waals surface area contributed by atoms with Crippen molar-refractivity contribution in [3.05, 3.63) is 24.3 Å². The van der Waals surface area contributed by atoms with E-state index in [4.69, 9.17) is 11.0 Å². The number of amides is 1. The van der Waals surface area contributed by atoms with E-state index in [1.54, 1.807) is 12.1 Å². The normalized spacial score (nSPS) is 10.2. The zero-order valence-electron chi connectivity index (χ0n) is 11.9. The summed E-state index contributed by atoms with van der Waals surface area (Å²) in [6.45, 7) is 4.55. The second-order valence-electron chi connectivity index (χ2n) is 4.58. The van der Waals surface area contributed by atoms with Crippen LogP contribution in [0.15, 0.2) is 24.3 Å². The third-order valence-corrected chi connectivity index (χ3v) is 3.10. The summed E-state index contributed by atoms with van der Waals surface area (Å²) < 4.78 is 0. The number of hydrogen-bond donors (Lipinski definition) is 2. The van der Waals surface area contributed by atoms with Gasteiger partial charge in [-0.3, -0.25) is 4.79 Å². The fraction of sp³-hybridized carbons (Fsp3) is 0.467. The minimum atomic E-state index is -0.0285. The van der Waals surface area contributed by atoms with E-state index in [1.807, 2.05) is 12.1 Å². The largest absolute Gasteiger partial charge is 0.397 e. The quantitative estimate of drug-likeness (QED) is 0.712. The van der Waals surface area contributed by atoms with Crippen LogP contribution in [0.2, 0.25) is 0 Å². The van der Waals surface area contributed by atoms with E-state index in [9.17, 15) is 4.79 Å². The summed E-state index contributed by atoms with van der Waals surface area (Å²) in [4.78, 5) is 14.0. The summed E-state index contributed by atoms with van der Waals surface area (Å²) in [5.41, 5.74) is 7.00. The third-order valence-electron chi connectivity index (χ3n) is 3.10. The van der Waals surface area contributed by atoms with Gasteiger partial charge < -0.3 is 16.0 Å². The SMILES string of the molecule is CCN(CCC#N)CCCC(=O)Nc1ccccc1N. The van der Waals surface area contributed by atoms with E-state index < -0.39 is 0 Å². The van der Waals surface area contributed by atoms with Crippen LogP contribution < -0.4 is 11.1 Å². The molecule has 1 rings (SSSR count). The number of para-hydroxylation sites is 2. The number of nitriles is 1. The van der Waals surface area contributed by atoms with Crippen LogP contribution in [0, 0.1) is 11.3 Å². The first-order valence-electron chi connectivity index (χ1n) is 6.91. The molecule has 5 nitrogen and oxygen atoms in total. The van der Waals surface area contributed by atoms with Crippen molar-refractivity contribution in [1.82, 2.24) is 4.90 Å². The highest BCUT2D eigenvalue weighted by molar-refractivity contribution is 5.93. The first kappa shape index (κ1) is 16.0. The summed E-state index contributed by atoms with van der Waals surface area (Å²) in [5.74, 6) is -0.0285. The highest BCUT2D eigenvalue weighted by Crippen LogP contribution is 2.16. The number of hydrogen-bond acceptors (Lipinski definition) is 4. The van der Waals surface area contributed by atoms with Gasteiger partial charge in [0, 0.05) is 19.4 Å². The Labute approximate surface area is 120 Å². The molecule has 1 aromatic rings. The average molecular weight is 274 g/mol. The molecule has 1 aromatic carbocycles. The van der Waals surface area contributed by atoms with Crippen LogP contribution in [0.1, 0.15) is 26.2 Å². The maximum Gasteiger partial charge on any atom is 0.224 e. The first-order valence-corrected chi connectivity index (χ1v) is 6.91. The fourth-order valence-corrected chi connectivity index (χ4v) is 1.92. The monoisotopic (exact) mass is 274 g/mol. The van der Waals surface area contributed by atoms with E-state index in [0.717, 1.165) is 26.1 Å². The molecule has 0 aromatic heterocycles. The molecule has 0 atom stereocenters. The Morgan fingerprint density at radius 3 is 2.80 bits per heavy atom. The molecule has 0 saturated carbocycles. The lowest BCUT2D eigenvalue weighted by atomic mass is 10.2. The number of anilines is 2. The van der Waals surface area contributed by atoms with Gasteiger partial charge in [0.2, 0.25) is 5.91 Å². The van der Waals surface area contributed by atoms with Crippen molar-refractivity contribution >= 4 is 17.3 Å². The number of rotatable bonds is 8. The van der Waals surface area contributed by atoms with Gasteiger partial charge in [0.1, 0.15) is 0 Å². The van der Waals surface area contributed by atoms with Crippen molar-refractivity contribution in [1.29, 1.82) is 5.26 Å². The predicted molar refractivity (Wildman–Crippen MR) is 81.1 cm³/mol. The second kappa shape index (κ2) is 8.94. The van der Waals surface area contributed by atoms with E-state index >= 15 is 0 Å². The van der Waals surface area contributed by atoms with Crippen molar-refractivity contribution in [2.75, 3.05) is 30.7 Å². The minimum Gasteiger partial charge on any atom is -0.397 e. The predicted octanol–water partition coefficient (Wildman–Crippen LogP) is 2.22. The molecule has 1 amide bonds. The molecule has 0 unspecified atom stereocenters. The molecule has 20 heavy (non-hydrogen) atoms. The first-order chi connectivity index (χ1) is 9.67. The number of nitrogens with one attached hydrogen (secondary N) is 1. The lowest BCUT2D eigenvalue weighted by Gasteiger charge is -2.18. The fourth-order valence-electron chi connectivity index (χ4n) is 1.92. The van der Waals surface area contributed by atoms with Gasteiger partial charge in [-0.2, -0.15) is 5.26 Å². The van der Waals surface area contributed by atoms with Crippen molar-refractivity contribution in [3.63, 3.8) is 0 Å². The molecule has 108 valence electrons. The summed E-state index contributed by atoms with van der Waals surface area (Å²) in [6.07, 6.45) is 1.76. The number of carbonyl (C=O) groups is 1. The maximum atomic E-state index is 11.8. The topological polar surface area (TPSA) is 82.2 Å². The minimum absolute atomic E-state index is 0.0285. The van der Waals surface area contributed by atoms with Gasteiger partial charge >= 0.3 is 0 Å². The van der Waals surface area contributed by atoms with Gasteiger partial charge in [-0.25, -0.2) is 0 Å². The molecular weight excluding hydrogens is 252 g/mol. The molecule has 0 fully saturated rings. The van der Waals surface area contributed by atoms with Gasteiger partial charge in [-0.15, -0.1) is 0 Å². The van der Waals surface area contributed by atoms with Crippen LogP contribution in [0.4, 0.5) is 11.4 Å². The Balaban J connectivity index is 2.30. The molecule has 0 saturated heterocycles. The van der Waals surface area contributed by atoms with E-state index in [0.29, 0.717) is 24.2 Å². The van der Waals surface area contributed by atoms with Crippen LogP contribution in [0.3, 0.4) is 0 Å². The average Bonchev–Trinajstić information content (AvgIpc) is 2.45. The van der Waals surface area contributed by atoms with Gasteiger partial charge in [0.15, 0.2) is 0 Å². The van der Waals surface area contributed by atoms with Gasteiger partial charge in [0.25, 0.3) is 0 Å². The number of nitrogens with zero attached hydrogens (tertiary/aromatic N) is 2. The summed E-state index contributed by atoms with van der Waals surface area (Å²) in [7, 11) is 0. The molecule has 0 aliphatic heterocycles. The highest BCUT2D eigenvalue weighted by Gasteiger charge is 2.06. The summed E-state index contributed by atoms with van der Waals surface area (Å²) in [6, 6.07) is 9.36. The molecule has 0 aliphatic carbocycles. The maximum absolute atomic E-state index is 11.8. The summed E-state index contributed by atoms with van der Waals surface area (Å²) in [5, 5.41) is 11.4. The number of benzene rings is 1. The molecule has 0 heterocycles. The van der Waals surface area contributed by atoms with Crippen molar-refractivity contribution < 1.29 is 4.79 Å². The number of carbonyl (C=O) groups excluding carboxylic acids is 1. The van der Waals surface area contributed by atoms with Crippen molar-refractivity contribution in [2.24, 2.45) is 0 Å². The van der Waals surface area contributed by atoms with Gasteiger partial charge in [0.05, 0.1) is 17.4 Å².